The maximum absolute atomic E-state index is 8.43. The number of anilines is 1. The van der Waals surface area contributed by atoms with E-state index in [-0.39, 0.29) is 13.2 Å². The molecule has 0 bridgehead atoms. The Kier molecular flexibility index (Phi) is 3.31. The van der Waals surface area contributed by atoms with Crippen LogP contribution in [0.1, 0.15) is 0 Å². The van der Waals surface area contributed by atoms with Crippen LogP contribution in [0.2, 0.25) is 0 Å². The first kappa shape index (κ1) is 8.76. The molecule has 0 aliphatic heterocycles. The van der Waals surface area contributed by atoms with Gasteiger partial charge in [0.15, 0.2) is 0 Å². The molecule has 1 aromatic heterocycles. The molecule has 0 radical (unpaired) electrons. The number of pyridine rings is 1. The van der Waals surface area contributed by atoms with Gasteiger partial charge in [-0.05, 0) is 6.07 Å². The second-order valence-electron chi connectivity index (χ2n) is 2.07. The van der Waals surface area contributed by atoms with Crippen LogP contribution in [0.15, 0.2) is 18.3 Å². The highest BCUT2D eigenvalue weighted by Crippen LogP contribution is 2.09. The average Bonchev–Trinajstić information content (AvgIpc) is 2.15. The summed E-state index contributed by atoms with van der Waals surface area (Å²) in [5, 5.41) is 16.9. The zero-order chi connectivity index (χ0) is 8.81. The minimum atomic E-state index is -0.0400. The highest BCUT2D eigenvalue weighted by Gasteiger charge is 1.94. The van der Waals surface area contributed by atoms with Gasteiger partial charge in [-0.3, -0.25) is 10.7 Å². The van der Waals surface area contributed by atoms with E-state index in [1.807, 2.05) is 5.48 Å². The van der Waals surface area contributed by atoms with Crippen LogP contribution >= 0.6 is 0 Å². The first-order chi connectivity index (χ1) is 5.86. The van der Waals surface area contributed by atoms with E-state index in [0.29, 0.717) is 11.6 Å². The van der Waals surface area contributed by atoms with E-state index in [1.54, 1.807) is 12.1 Å². The fourth-order valence-electron chi connectivity index (χ4n) is 0.682. The number of nitrogens with one attached hydrogen (secondary N) is 1. The van der Waals surface area contributed by atoms with Crippen LogP contribution in [0.5, 0.6) is 5.88 Å². The predicted molar refractivity (Wildman–Crippen MR) is 42.2 cm³/mol. The van der Waals surface area contributed by atoms with Gasteiger partial charge in [-0.1, -0.05) is 0 Å². The topological polar surface area (TPSA) is 74.6 Å². The Morgan fingerprint density at radius 1 is 1.50 bits per heavy atom. The van der Waals surface area contributed by atoms with Crippen LogP contribution < -0.4 is 10.2 Å². The van der Waals surface area contributed by atoms with E-state index in [1.165, 1.54) is 6.20 Å². The van der Waals surface area contributed by atoms with Crippen LogP contribution in [0, 0.1) is 0 Å². The molecule has 1 rings (SSSR count). The number of aromatic nitrogens is 1. The number of aliphatic hydroxyl groups excluding tert-OH is 1. The van der Waals surface area contributed by atoms with Crippen molar-refractivity contribution in [3.05, 3.63) is 18.3 Å². The Morgan fingerprint density at radius 3 is 2.83 bits per heavy atom. The molecule has 0 aliphatic rings. The van der Waals surface area contributed by atoms with E-state index >= 15 is 0 Å². The van der Waals surface area contributed by atoms with Gasteiger partial charge in [-0.2, -0.15) is 0 Å². The second-order valence-corrected chi connectivity index (χ2v) is 2.07. The van der Waals surface area contributed by atoms with Gasteiger partial charge >= 0.3 is 0 Å². The molecule has 3 N–H and O–H groups in total. The minimum absolute atomic E-state index is 0.0400. The molecular weight excluding hydrogens is 160 g/mol. The number of ether oxygens (including phenoxy) is 1. The van der Waals surface area contributed by atoms with Gasteiger partial charge in [0.2, 0.25) is 5.88 Å². The van der Waals surface area contributed by atoms with Crippen molar-refractivity contribution < 1.29 is 15.1 Å². The Hall–Kier alpha value is -1.33. The summed E-state index contributed by atoms with van der Waals surface area (Å²) in [5.74, 6) is 0.419. The third-order valence-electron chi connectivity index (χ3n) is 1.21. The van der Waals surface area contributed by atoms with Crippen LogP contribution in [-0.4, -0.2) is 28.5 Å². The van der Waals surface area contributed by atoms with Gasteiger partial charge in [-0.15, -0.1) is 0 Å². The summed E-state index contributed by atoms with van der Waals surface area (Å²) >= 11 is 0. The number of hydrogen-bond acceptors (Lipinski definition) is 5. The third kappa shape index (κ3) is 2.37. The third-order valence-corrected chi connectivity index (χ3v) is 1.21. The van der Waals surface area contributed by atoms with Crippen LogP contribution in [0.3, 0.4) is 0 Å². The molecule has 0 amide bonds. The van der Waals surface area contributed by atoms with Crippen molar-refractivity contribution in [1.82, 2.24) is 4.98 Å². The van der Waals surface area contributed by atoms with E-state index in [2.05, 4.69) is 4.98 Å². The molecular formula is C7H10N2O3. The summed E-state index contributed by atoms with van der Waals surface area (Å²) in [6.07, 6.45) is 1.42. The average molecular weight is 170 g/mol. The Balaban J connectivity index is 2.53. The zero-order valence-electron chi connectivity index (χ0n) is 6.40. The van der Waals surface area contributed by atoms with E-state index < -0.39 is 0 Å². The van der Waals surface area contributed by atoms with Crippen molar-refractivity contribution in [2.24, 2.45) is 0 Å². The molecule has 0 atom stereocenters. The first-order valence-electron chi connectivity index (χ1n) is 3.46. The minimum Gasteiger partial charge on any atom is -0.475 e. The molecule has 1 heterocycles. The van der Waals surface area contributed by atoms with E-state index in [9.17, 15) is 0 Å². The molecule has 0 spiro atoms. The molecule has 1 aromatic rings. The summed E-state index contributed by atoms with van der Waals surface area (Å²) < 4.78 is 4.98. The lowest BCUT2D eigenvalue weighted by Gasteiger charge is -2.02. The molecule has 66 valence electrons. The lowest BCUT2D eigenvalue weighted by Crippen LogP contribution is -2.02. The van der Waals surface area contributed by atoms with Crippen molar-refractivity contribution in [2.75, 3.05) is 18.7 Å². The van der Waals surface area contributed by atoms with Gasteiger partial charge < -0.3 is 9.84 Å². The van der Waals surface area contributed by atoms with Crippen molar-refractivity contribution in [3.8, 4) is 5.88 Å². The maximum Gasteiger partial charge on any atom is 0.213 e. The molecule has 0 aromatic carbocycles. The van der Waals surface area contributed by atoms with E-state index in [0.717, 1.165) is 0 Å². The Labute approximate surface area is 69.6 Å². The van der Waals surface area contributed by atoms with Gasteiger partial charge in [0, 0.05) is 6.07 Å². The summed E-state index contributed by atoms with van der Waals surface area (Å²) in [6, 6.07) is 3.20. The Morgan fingerprint density at radius 2 is 2.33 bits per heavy atom. The quantitative estimate of drug-likeness (QED) is 0.565. The van der Waals surface area contributed by atoms with Crippen LogP contribution in [-0.2, 0) is 0 Å². The standard InChI is InChI=1S/C7H10N2O3/c10-3-4-12-7-2-1-6(9-11)5-8-7/h1-2,5,9-11H,3-4H2. The lowest BCUT2D eigenvalue weighted by atomic mass is 10.4. The smallest absolute Gasteiger partial charge is 0.213 e. The molecule has 0 fully saturated rings. The summed E-state index contributed by atoms with van der Waals surface area (Å²) in [7, 11) is 0. The normalized spacial score (nSPS) is 9.50. The molecule has 0 unspecified atom stereocenters. The zero-order valence-corrected chi connectivity index (χ0v) is 6.40. The van der Waals surface area contributed by atoms with Gasteiger partial charge in [0.25, 0.3) is 0 Å². The monoisotopic (exact) mass is 170 g/mol. The maximum atomic E-state index is 8.43. The van der Waals surface area contributed by atoms with Crippen molar-refractivity contribution in [1.29, 1.82) is 0 Å². The molecule has 0 aliphatic carbocycles. The van der Waals surface area contributed by atoms with Gasteiger partial charge in [0.1, 0.15) is 6.61 Å². The predicted octanol–water partition coefficient (Wildman–Crippen LogP) is 0.254. The number of nitrogens with zero attached hydrogens (tertiary/aromatic N) is 1. The fraction of sp³-hybridized carbons (Fsp3) is 0.286. The summed E-state index contributed by atoms with van der Waals surface area (Å²) in [6.45, 7) is 0.181. The molecule has 5 heteroatoms. The molecule has 5 nitrogen and oxygen atoms in total. The van der Waals surface area contributed by atoms with Gasteiger partial charge in [-0.25, -0.2) is 4.98 Å². The lowest BCUT2D eigenvalue weighted by molar-refractivity contribution is 0.196. The van der Waals surface area contributed by atoms with Crippen molar-refractivity contribution in [3.63, 3.8) is 0 Å². The summed E-state index contributed by atoms with van der Waals surface area (Å²) in [4.78, 5) is 3.83. The SMILES string of the molecule is OCCOc1ccc(NO)cn1. The second kappa shape index (κ2) is 4.53. The largest absolute Gasteiger partial charge is 0.475 e. The first-order valence-corrected chi connectivity index (χ1v) is 3.46. The Bertz CT molecular complexity index is 225. The number of hydrogen-bond donors (Lipinski definition) is 3. The number of aliphatic hydroxyl groups is 1. The molecule has 12 heavy (non-hydrogen) atoms. The van der Waals surface area contributed by atoms with Crippen LogP contribution in [0.25, 0.3) is 0 Å². The van der Waals surface area contributed by atoms with Gasteiger partial charge in [0.05, 0.1) is 18.5 Å². The van der Waals surface area contributed by atoms with E-state index in [4.69, 9.17) is 15.1 Å². The fourth-order valence-corrected chi connectivity index (χ4v) is 0.682. The van der Waals surface area contributed by atoms with Crippen molar-refractivity contribution in [2.45, 2.75) is 0 Å². The molecule has 0 saturated carbocycles. The highest BCUT2D eigenvalue weighted by atomic mass is 16.5. The van der Waals surface area contributed by atoms with Crippen LogP contribution in [0.4, 0.5) is 5.69 Å². The highest BCUT2D eigenvalue weighted by molar-refractivity contribution is 5.39. The van der Waals surface area contributed by atoms with Crippen molar-refractivity contribution >= 4 is 5.69 Å². The molecule has 0 saturated heterocycles. The summed E-state index contributed by atoms with van der Waals surface area (Å²) in [5.41, 5.74) is 2.43. The number of rotatable bonds is 4.